The number of allylic oxidation sites excluding steroid dienone is 5. The standard InChI is InChI=1S/C14H20N2/c1-10-3-5-11(2)13(8-4-10)16-14(15)9-12-6-7-12/h3-4,8,12H,5-7,9H2,1-2H3,(H2,15,16). The molecule has 2 aliphatic rings. The van der Waals surface area contributed by atoms with E-state index in [1.54, 1.807) is 0 Å². The highest BCUT2D eigenvalue weighted by Gasteiger charge is 2.22. The maximum atomic E-state index is 5.96. The van der Waals surface area contributed by atoms with Crippen LogP contribution < -0.4 is 5.73 Å². The zero-order chi connectivity index (χ0) is 11.5. The van der Waals surface area contributed by atoms with E-state index in [2.05, 4.69) is 37.1 Å². The van der Waals surface area contributed by atoms with Crippen molar-refractivity contribution in [3.8, 4) is 0 Å². The van der Waals surface area contributed by atoms with E-state index in [1.807, 2.05) is 0 Å². The molecule has 0 unspecified atom stereocenters. The summed E-state index contributed by atoms with van der Waals surface area (Å²) in [5.74, 6) is 1.60. The fourth-order valence-electron chi connectivity index (χ4n) is 1.79. The first-order valence-electron chi connectivity index (χ1n) is 6.03. The molecule has 2 rings (SSSR count). The molecule has 86 valence electrons. The summed E-state index contributed by atoms with van der Waals surface area (Å²) in [5.41, 5.74) is 9.60. The summed E-state index contributed by atoms with van der Waals surface area (Å²) in [4.78, 5) is 4.55. The number of amidine groups is 1. The molecule has 0 radical (unpaired) electrons. The Morgan fingerprint density at radius 3 is 2.81 bits per heavy atom. The van der Waals surface area contributed by atoms with Crippen LogP contribution in [0.4, 0.5) is 0 Å². The van der Waals surface area contributed by atoms with E-state index < -0.39 is 0 Å². The van der Waals surface area contributed by atoms with Gasteiger partial charge in [-0.15, -0.1) is 0 Å². The molecule has 0 saturated heterocycles. The number of nitrogens with zero attached hydrogens (tertiary/aromatic N) is 1. The first kappa shape index (κ1) is 11.2. The van der Waals surface area contributed by atoms with Gasteiger partial charge in [0.1, 0.15) is 0 Å². The molecule has 0 aromatic heterocycles. The minimum atomic E-state index is 0.793. The Morgan fingerprint density at radius 2 is 2.12 bits per heavy atom. The second kappa shape index (κ2) is 4.69. The van der Waals surface area contributed by atoms with Gasteiger partial charge in [0.05, 0.1) is 11.5 Å². The van der Waals surface area contributed by atoms with Gasteiger partial charge in [0, 0.05) is 6.42 Å². The van der Waals surface area contributed by atoms with Crippen molar-refractivity contribution in [3.05, 3.63) is 35.1 Å². The Bertz CT molecular complexity index is 393. The summed E-state index contributed by atoms with van der Waals surface area (Å²) in [7, 11) is 0. The second-order valence-electron chi connectivity index (χ2n) is 4.90. The lowest BCUT2D eigenvalue weighted by atomic mass is 10.1. The number of hydrogen-bond acceptors (Lipinski definition) is 1. The number of rotatable bonds is 3. The summed E-state index contributed by atoms with van der Waals surface area (Å²) in [6.45, 7) is 4.24. The van der Waals surface area contributed by atoms with Gasteiger partial charge in [0.15, 0.2) is 0 Å². The van der Waals surface area contributed by atoms with Crippen molar-refractivity contribution >= 4 is 5.84 Å². The van der Waals surface area contributed by atoms with Gasteiger partial charge in [-0.25, -0.2) is 4.99 Å². The lowest BCUT2D eigenvalue weighted by molar-refractivity contribution is 0.885. The molecule has 2 nitrogen and oxygen atoms in total. The van der Waals surface area contributed by atoms with E-state index in [1.165, 1.54) is 24.0 Å². The van der Waals surface area contributed by atoms with Crippen molar-refractivity contribution in [2.75, 3.05) is 0 Å². The third-order valence-electron chi connectivity index (χ3n) is 3.13. The molecule has 2 aliphatic carbocycles. The van der Waals surface area contributed by atoms with Gasteiger partial charge in [-0.1, -0.05) is 17.7 Å². The molecule has 1 fully saturated rings. The summed E-state index contributed by atoms with van der Waals surface area (Å²) in [6.07, 6.45) is 11.0. The smallest absolute Gasteiger partial charge is 0.0999 e. The first-order valence-corrected chi connectivity index (χ1v) is 6.03. The van der Waals surface area contributed by atoms with Crippen LogP contribution in [0.15, 0.2) is 40.1 Å². The zero-order valence-electron chi connectivity index (χ0n) is 10.2. The monoisotopic (exact) mass is 216 g/mol. The highest BCUT2D eigenvalue weighted by Crippen LogP contribution is 2.32. The Labute approximate surface area is 97.6 Å². The minimum absolute atomic E-state index is 0.793. The van der Waals surface area contributed by atoms with E-state index in [-0.39, 0.29) is 0 Å². The summed E-state index contributed by atoms with van der Waals surface area (Å²) in [5, 5.41) is 0. The quantitative estimate of drug-likeness (QED) is 0.570. The Kier molecular flexibility index (Phi) is 3.28. The molecule has 1 saturated carbocycles. The normalized spacial score (nSPS) is 22.1. The fraction of sp³-hybridized carbons (Fsp3) is 0.500. The van der Waals surface area contributed by atoms with Crippen LogP contribution in [-0.2, 0) is 0 Å². The largest absolute Gasteiger partial charge is 0.387 e. The SMILES string of the molecule is CC1=CCC(C)=C(N=C(N)CC2CC2)C=C1. The van der Waals surface area contributed by atoms with Gasteiger partial charge in [0.25, 0.3) is 0 Å². The second-order valence-corrected chi connectivity index (χ2v) is 4.90. The molecule has 0 heterocycles. The highest BCUT2D eigenvalue weighted by atomic mass is 14.9. The molecule has 2 heteroatoms. The van der Waals surface area contributed by atoms with Crippen molar-refractivity contribution in [2.45, 2.75) is 39.5 Å². The van der Waals surface area contributed by atoms with Crippen LogP contribution >= 0.6 is 0 Å². The van der Waals surface area contributed by atoms with Crippen molar-refractivity contribution < 1.29 is 0 Å². The predicted octanol–water partition coefficient (Wildman–Crippen LogP) is 3.32. The van der Waals surface area contributed by atoms with Crippen molar-refractivity contribution in [2.24, 2.45) is 16.6 Å². The van der Waals surface area contributed by atoms with E-state index >= 15 is 0 Å². The topological polar surface area (TPSA) is 38.4 Å². The molecule has 0 amide bonds. The molecule has 0 aromatic carbocycles. The molecule has 0 aromatic rings. The number of hydrogen-bond donors (Lipinski definition) is 1. The minimum Gasteiger partial charge on any atom is -0.387 e. The fourth-order valence-corrected chi connectivity index (χ4v) is 1.79. The molecule has 0 bridgehead atoms. The summed E-state index contributed by atoms with van der Waals surface area (Å²) < 4.78 is 0. The van der Waals surface area contributed by atoms with Gasteiger partial charge in [-0.3, -0.25) is 0 Å². The average molecular weight is 216 g/mol. The summed E-state index contributed by atoms with van der Waals surface area (Å²) in [6, 6.07) is 0. The van der Waals surface area contributed by atoms with Crippen LogP contribution in [0, 0.1) is 5.92 Å². The zero-order valence-corrected chi connectivity index (χ0v) is 10.2. The van der Waals surface area contributed by atoms with Crippen LogP contribution in [0.25, 0.3) is 0 Å². The third-order valence-corrected chi connectivity index (χ3v) is 3.13. The van der Waals surface area contributed by atoms with Gasteiger partial charge in [-0.2, -0.15) is 0 Å². The van der Waals surface area contributed by atoms with Crippen molar-refractivity contribution in [1.29, 1.82) is 0 Å². The van der Waals surface area contributed by atoms with Gasteiger partial charge >= 0.3 is 0 Å². The summed E-state index contributed by atoms with van der Waals surface area (Å²) >= 11 is 0. The van der Waals surface area contributed by atoms with Crippen LogP contribution in [0.5, 0.6) is 0 Å². The molecule has 0 atom stereocenters. The molecule has 0 aliphatic heterocycles. The van der Waals surface area contributed by atoms with Crippen molar-refractivity contribution in [1.82, 2.24) is 0 Å². The maximum Gasteiger partial charge on any atom is 0.0999 e. The lowest BCUT2D eigenvalue weighted by Gasteiger charge is -2.03. The van der Waals surface area contributed by atoms with Crippen LogP contribution in [0.2, 0.25) is 0 Å². The predicted molar refractivity (Wildman–Crippen MR) is 69.2 cm³/mol. The number of nitrogens with two attached hydrogens (primary N) is 1. The van der Waals surface area contributed by atoms with Crippen LogP contribution in [-0.4, -0.2) is 5.84 Å². The third kappa shape index (κ3) is 3.09. The lowest BCUT2D eigenvalue weighted by Crippen LogP contribution is -2.12. The molecular weight excluding hydrogens is 196 g/mol. The van der Waals surface area contributed by atoms with Crippen molar-refractivity contribution in [3.63, 3.8) is 0 Å². The van der Waals surface area contributed by atoms with E-state index in [0.29, 0.717) is 0 Å². The van der Waals surface area contributed by atoms with Gasteiger partial charge in [0.2, 0.25) is 0 Å². The highest BCUT2D eigenvalue weighted by molar-refractivity contribution is 5.82. The molecule has 0 spiro atoms. The van der Waals surface area contributed by atoms with Gasteiger partial charge < -0.3 is 5.73 Å². The van der Waals surface area contributed by atoms with Crippen LogP contribution in [0.1, 0.15) is 39.5 Å². The molecular formula is C14H20N2. The molecule has 16 heavy (non-hydrogen) atoms. The first-order chi connectivity index (χ1) is 7.65. The maximum absolute atomic E-state index is 5.96. The molecule has 2 N–H and O–H groups in total. The van der Waals surface area contributed by atoms with E-state index in [0.717, 1.165) is 30.3 Å². The Morgan fingerprint density at radius 1 is 1.38 bits per heavy atom. The average Bonchev–Trinajstić information content (AvgIpc) is 3.03. The Balaban J connectivity index is 2.10. The van der Waals surface area contributed by atoms with Crippen LogP contribution in [0.3, 0.4) is 0 Å². The Hall–Kier alpha value is -1.31. The van der Waals surface area contributed by atoms with E-state index in [9.17, 15) is 0 Å². The van der Waals surface area contributed by atoms with Gasteiger partial charge in [-0.05, 0) is 50.7 Å². The number of aliphatic imine (C=N–C) groups is 1. The van der Waals surface area contributed by atoms with E-state index in [4.69, 9.17) is 5.73 Å².